The molecule has 3 heterocycles. The predicted molar refractivity (Wildman–Crippen MR) is 202 cm³/mol. The monoisotopic (exact) mass is 615 g/mol. The van der Waals surface area contributed by atoms with Crippen molar-refractivity contribution in [2.45, 2.75) is 26.2 Å². The molecule has 0 aliphatic heterocycles. The highest BCUT2D eigenvalue weighted by Crippen LogP contribution is 2.47. The molecule has 9 rings (SSSR count). The first-order valence-electron chi connectivity index (χ1n) is 16.4. The number of allylic oxidation sites excluding steroid dienone is 4. The fourth-order valence-electron chi connectivity index (χ4n) is 7.80. The maximum atomic E-state index is 5.58. The predicted octanol–water partition coefficient (Wildman–Crippen LogP) is 11.2. The van der Waals surface area contributed by atoms with Crippen molar-refractivity contribution in [2.24, 2.45) is 0 Å². The van der Waals surface area contributed by atoms with Crippen molar-refractivity contribution in [3.05, 3.63) is 156 Å². The first-order chi connectivity index (χ1) is 23.5. The summed E-state index contributed by atoms with van der Waals surface area (Å²) in [5.41, 5.74) is 12.9. The molecule has 228 valence electrons. The molecule has 0 fully saturated rings. The maximum Gasteiger partial charge on any atom is 0.138 e. The Morgan fingerprint density at radius 3 is 1.96 bits per heavy atom. The molecule has 0 radical (unpaired) electrons. The van der Waals surface area contributed by atoms with Gasteiger partial charge in [0.1, 0.15) is 5.82 Å². The third-order valence-corrected chi connectivity index (χ3v) is 10.4. The van der Waals surface area contributed by atoms with Crippen LogP contribution in [0.2, 0.25) is 0 Å². The van der Waals surface area contributed by atoms with Crippen molar-refractivity contribution in [1.29, 1.82) is 0 Å². The summed E-state index contributed by atoms with van der Waals surface area (Å²) in [6.45, 7) is 6.84. The fourth-order valence-corrected chi connectivity index (χ4v) is 7.80. The minimum absolute atomic E-state index is 0.0986. The quantitative estimate of drug-likeness (QED) is 0.181. The smallest absolute Gasteiger partial charge is 0.138 e. The van der Waals surface area contributed by atoms with Gasteiger partial charge in [-0.3, -0.25) is 4.57 Å². The van der Waals surface area contributed by atoms with Crippen LogP contribution in [0.15, 0.2) is 145 Å². The summed E-state index contributed by atoms with van der Waals surface area (Å²) < 4.78 is 4.68. The van der Waals surface area contributed by atoms with Crippen molar-refractivity contribution >= 4 is 49.2 Å². The SMILES string of the molecule is C#C/C=C\C1=C(C)C(C)(C)c2cc(-n3c4ccccc4c4cc(-c5cccc(-n6c7ccccc7c7ccccc76)n5)ccc43)ccc21. The molecule has 0 atom stereocenters. The lowest BCUT2D eigenvalue weighted by atomic mass is 9.82. The van der Waals surface area contributed by atoms with Crippen LogP contribution in [0.1, 0.15) is 31.9 Å². The van der Waals surface area contributed by atoms with Gasteiger partial charge in [-0.25, -0.2) is 4.98 Å². The molecular formula is C45H33N3. The molecule has 3 heteroatoms. The molecule has 48 heavy (non-hydrogen) atoms. The van der Waals surface area contributed by atoms with Gasteiger partial charge in [0.2, 0.25) is 0 Å². The number of hydrogen-bond donors (Lipinski definition) is 0. The number of rotatable bonds is 4. The zero-order chi connectivity index (χ0) is 32.6. The second-order valence-corrected chi connectivity index (χ2v) is 13.2. The number of terminal acetylenes is 1. The average Bonchev–Trinajstić information content (AvgIpc) is 3.70. The van der Waals surface area contributed by atoms with E-state index in [4.69, 9.17) is 11.4 Å². The second kappa shape index (κ2) is 10.5. The molecule has 0 saturated carbocycles. The minimum Gasteiger partial charge on any atom is -0.309 e. The van der Waals surface area contributed by atoms with E-state index < -0.39 is 0 Å². The van der Waals surface area contributed by atoms with Crippen LogP contribution in [-0.4, -0.2) is 14.1 Å². The number of fused-ring (bicyclic) bond motifs is 7. The highest BCUT2D eigenvalue weighted by atomic mass is 15.1. The molecule has 5 aromatic carbocycles. The Hall–Kier alpha value is -6.11. The van der Waals surface area contributed by atoms with E-state index in [9.17, 15) is 0 Å². The summed E-state index contributed by atoms with van der Waals surface area (Å²) in [4.78, 5) is 5.26. The van der Waals surface area contributed by atoms with Crippen LogP contribution < -0.4 is 0 Å². The van der Waals surface area contributed by atoms with Gasteiger partial charge in [-0.15, -0.1) is 6.42 Å². The van der Waals surface area contributed by atoms with Gasteiger partial charge in [0.15, 0.2) is 0 Å². The molecule has 0 unspecified atom stereocenters. The zero-order valence-corrected chi connectivity index (χ0v) is 27.2. The molecule has 0 saturated heterocycles. The number of hydrogen-bond acceptors (Lipinski definition) is 1. The molecule has 3 nitrogen and oxygen atoms in total. The number of benzene rings is 5. The van der Waals surface area contributed by atoms with E-state index in [2.05, 4.69) is 169 Å². The molecule has 1 aliphatic rings. The summed E-state index contributed by atoms with van der Waals surface area (Å²) in [7, 11) is 0. The summed E-state index contributed by atoms with van der Waals surface area (Å²) in [6.07, 6.45) is 9.46. The third kappa shape index (κ3) is 3.99. The number of pyridine rings is 1. The van der Waals surface area contributed by atoms with Gasteiger partial charge in [0.25, 0.3) is 0 Å². The zero-order valence-electron chi connectivity index (χ0n) is 27.2. The van der Waals surface area contributed by atoms with E-state index in [0.29, 0.717) is 0 Å². The van der Waals surface area contributed by atoms with Crippen LogP contribution in [0.5, 0.6) is 0 Å². The van der Waals surface area contributed by atoms with Crippen molar-refractivity contribution < 1.29 is 0 Å². The Bertz CT molecular complexity index is 2670. The Balaban J connectivity index is 1.20. The van der Waals surface area contributed by atoms with Crippen LogP contribution in [-0.2, 0) is 5.41 Å². The Morgan fingerprint density at radius 2 is 1.27 bits per heavy atom. The Kier molecular flexibility index (Phi) is 6.13. The van der Waals surface area contributed by atoms with Crippen molar-refractivity contribution in [3.8, 4) is 35.1 Å². The lowest BCUT2D eigenvalue weighted by Gasteiger charge is -2.23. The van der Waals surface area contributed by atoms with Gasteiger partial charge in [-0.2, -0.15) is 0 Å². The Morgan fingerprint density at radius 1 is 0.646 bits per heavy atom. The van der Waals surface area contributed by atoms with Gasteiger partial charge < -0.3 is 4.57 Å². The van der Waals surface area contributed by atoms with Gasteiger partial charge in [0, 0.05) is 38.2 Å². The topological polar surface area (TPSA) is 22.8 Å². The summed E-state index contributed by atoms with van der Waals surface area (Å²) in [5.74, 6) is 3.57. The molecule has 0 spiro atoms. The highest BCUT2D eigenvalue weighted by molar-refractivity contribution is 6.11. The minimum atomic E-state index is -0.0986. The van der Waals surface area contributed by atoms with Crippen molar-refractivity contribution in [1.82, 2.24) is 14.1 Å². The molecule has 3 aromatic heterocycles. The molecule has 0 N–H and O–H groups in total. The van der Waals surface area contributed by atoms with Gasteiger partial charge >= 0.3 is 0 Å². The average molecular weight is 616 g/mol. The molecule has 0 bridgehead atoms. The van der Waals surface area contributed by atoms with E-state index in [-0.39, 0.29) is 5.41 Å². The highest BCUT2D eigenvalue weighted by Gasteiger charge is 2.34. The maximum absolute atomic E-state index is 5.58. The van der Waals surface area contributed by atoms with Crippen LogP contribution in [0.4, 0.5) is 0 Å². The van der Waals surface area contributed by atoms with Crippen LogP contribution >= 0.6 is 0 Å². The third-order valence-electron chi connectivity index (χ3n) is 10.4. The van der Waals surface area contributed by atoms with Gasteiger partial charge in [-0.05, 0) is 90.4 Å². The summed E-state index contributed by atoms with van der Waals surface area (Å²) >= 11 is 0. The molecular weight excluding hydrogens is 583 g/mol. The van der Waals surface area contributed by atoms with Crippen LogP contribution in [0.3, 0.4) is 0 Å². The number of nitrogens with zero attached hydrogens (tertiary/aromatic N) is 3. The number of para-hydroxylation sites is 3. The fraction of sp³-hybridized carbons (Fsp3) is 0.0889. The van der Waals surface area contributed by atoms with E-state index in [1.807, 2.05) is 0 Å². The van der Waals surface area contributed by atoms with E-state index in [1.54, 1.807) is 6.08 Å². The van der Waals surface area contributed by atoms with Crippen molar-refractivity contribution in [2.75, 3.05) is 0 Å². The molecule has 1 aliphatic carbocycles. The van der Waals surface area contributed by atoms with Gasteiger partial charge in [0.05, 0.1) is 27.8 Å². The summed E-state index contributed by atoms with van der Waals surface area (Å²) in [6, 6.07) is 45.8. The largest absolute Gasteiger partial charge is 0.309 e. The molecule has 8 aromatic rings. The normalized spacial score (nSPS) is 14.1. The Labute approximate surface area is 280 Å². The van der Waals surface area contributed by atoms with E-state index in [0.717, 1.165) is 33.8 Å². The number of aromatic nitrogens is 3. The van der Waals surface area contributed by atoms with E-state index >= 15 is 0 Å². The second-order valence-electron chi connectivity index (χ2n) is 13.2. The lowest BCUT2D eigenvalue weighted by Crippen LogP contribution is -2.16. The first-order valence-corrected chi connectivity index (χ1v) is 16.4. The van der Waals surface area contributed by atoms with Crippen LogP contribution in [0, 0.1) is 12.3 Å². The summed E-state index contributed by atoms with van der Waals surface area (Å²) in [5, 5.41) is 4.89. The van der Waals surface area contributed by atoms with Crippen molar-refractivity contribution in [3.63, 3.8) is 0 Å². The lowest BCUT2D eigenvalue weighted by molar-refractivity contribution is 0.638. The molecule has 0 amide bonds. The van der Waals surface area contributed by atoms with Gasteiger partial charge in [-0.1, -0.05) is 98.1 Å². The standard InChI is InChI=1S/C45H33N3/c1-5-6-14-32-29(2)45(3,4)38-28-31(24-25-33(32)38)47-40-19-10-9-17-36(40)37-27-30(23-26-43(37)47)39-18-13-22-44(46-39)48-41-20-11-7-15-34(41)35-16-8-12-21-42(35)48/h1,6-28H,2-4H3/b14-6-. The van der Waals surface area contributed by atoms with E-state index in [1.165, 1.54) is 54.9 Å². The first kappa shape index (κ1) is 28.1. The van der Waals surface area contributed by atoms with Crippen LogP contribution in [0.25, 0.3) is 71.9 Å².